The SMILES string of the molecule is CN(Cc1ccc(C#N)cc1)C(=O)c1cccc(Br)n1. The number of benzene rings is 1. The van der Waals surface area contributed by atoms with Crippen LogP contribution in [0.2, 0.25) is 0 Å². The second-order valence-corrected chi connectivity index (χ2v) is 5.13. The molecule has 0 bridgehead atoms. The average Bonchev–Trinajstić information content (AvgIpc) is 2.47. The lowest BCUT2D eigenvalue weighted by Crippen LogP contribution is -2.27. The molecule has 0 fully saturated rings. The molecule has 0 unspecified atom stereocenters. The number of hydrogen-bond donors (Lipinski definition) is 0. The third-order valence-electron chi connectivity index (χ3n) is 2.78. The third-order valence-corrected chi connectivity index (χ3v) is 3.23. The van der Waals surface area contributed by atoms with Gasteiger partial charge in [0, 0.05) is 13.6 Å². The van der Waals surface area contributed by atoms with Crippen LogP contribution in [0, 0.1) is 11.3 Å². The minimum atomic E-state index is -0.143. The Morgan fingerprint density at radius 1 is 1.30 bits per heavy atom. The summed E-state index contributed by atoms with van der Waals surface area (Å²) in [5.74, 6) is -0.143. The maximum absolute atomic E-state index is 12.2. The van der Waals surface area contributed by atoms with Gasteiger partial charge in [-0.1, -0.05) is 18.2 Å². The molecule has 5 heteroatoms. The van der Waals surface area contributed by atoms with E-state index in [1.54, 1.807) is 42.3 Å². The fraction of sp³-hybridized carbons (Fsp3) is 0.133. The van der Waals surface area contributed by atoms with Crippen molar-refractivity contribution in [2.24, 2.45) is 0 Å². The summed E-state index contributed by atoms with van der Waals surface area (Å²) in [7, 11) is 1.73. The van der Waals surface area contributed by atoms with Gasteiger partial charge in [0.1, 0.15) is 10.3 Å². The predicted octanol–water partition coefficient (Wildman–Crippen LogP) is 2.99. The zero-order chi connectivity index (χ0) is 14.5. The van der Waals surface area contributed by atoms with E-state index in [0.717, 1.165) is 5.56 Å². The van der Waals surface area contributed by atoms with Crippen LogP contribution in [0.3, 0.4) is 0 Å². The molecular formula is C15H12BrN3O. The lowest BCUT2D eigenvalue weighted by molar-refractivity contribution is 0.0779. The Hall–Kier alpha value is -2.19. The molecule has 4 nitrogen and oxygen atoms in total. The van der Waals surface area contributed by atoms with E-state index in [0.29, 0.717) is 22.4 Å². The first-order chi connectivity index (χ1) is 9.60. The predicted molar refractivity (Wildman–Crippen MR) is 78.9 cm³/mol. The molecule has 2 aromatic rings. The monoisotopic (exact) mass is 329 g/mol. The van der Waals surface area contributed by atoms with Crippen LogP contribution in [-0.4, -0.2) is 22.8 Å². The summed E-state index contributed by atoms with van der Waals surface area (Å²) in [6, 6.07) is 14.5. The highest BCUT2D eigenvalue weighted by Gasteiger charge is 2.13. The van der Waals surface area contributed by atoms with Crippen molar-refractivity contribution < 1.29 is 4.79 Å². The number of carbonyl (C=O) groups is 1. The van der Waals surface area contributed by atoms with Crippen molar-refractivity contribution in [2.75, 3.05) is 7.05 Å². The van der Waals surface area contributed by atoms with Gasteiger partial charge in [-0.3, -0.25) is 4.79 Å². The van der Waals surface area contributed by atoms with Crippen LogP contribution in [0.25, 0.3) is 0 Å². The minimum absolute atomic E-state index is 0.143. The van der Waals surface area contributed by atoms with Gasteiger partial charge in [0.05, 0.1) is 11.6 Å². The van der Waals surface area contributed by atoms with Gasteiger partial charge in [0.15, 0.2) is 0 Å². The molecule has 20 heavy (non-hydrogen) atoms. The van der Waals surface area contributed by atoms with E-state index in [2.05, 4.69) is 27.0 Å². The molecular weight excluding hydrogens is 318 g/mol. The highest BCUT2D eigenvalue weighted by Crippen LogP contribution is 2.11. The highest BCUT2D eigenvalue weighted by atomic mass is 79.9. The van der Waals surface area contributed by atoms with E-state index in [-0.39, 0.29) is 5.91 Å². The summed E-state index contributed by atoms with van der Waals surface area (Å²) in [5, 5.41) is 8.75. The standard InChI is InChI=1S/C15H12BrN3O/c1-19(10-12-7-5-11(9-17)6-8-12)15(20)13-3-2-4-14(16)18-13/h2-8H,10H2,1H3. The Balaban J connectivity index is 2.09. The summed E-state index contributed by atoms with van der Waals surface area (Å²) < 4.78 is 0.634. The second-order valence-electron chi connectivity index (χ2n) is 4.32. The lowest BCUT2D eigenvalue weighted by atomic mass is 10.1. The van der Waals surface area contributed by atoms with Crippen molar-refractivity contribution in [1.29, 1.82) is 5.26 Å². The Morgan fingerprint density at radius 2 is 2.00 bits per heavy atom. The number of nitriles is 1. The van der Waals surface area contributed by atoms with Crippen molar-refractivity contribution in [3.63, 3.8) is 0 Å². The van der Waals surface area contributed by atoms with Gasteiger partial charge in [-0.25, -0.2) is 4.98 Å². The Labute approximate surface area is 125 Å². The number of halogens is 1. The summed E-state index contributed by atoms with van der Waals surface area (Å²) in [6.45, 7) is 0.471. The summed E-state index contributed by atoms with van der Waals surface area (Å²) in [5.41, 5.74) is 1.97. The van der Waals surface area contributed by atoms with Crippen LogP contribution in [0.5, 0.6) is 0 Å². The molecule has 0 aliphatic carbocycles. The van der Waals surface area contributed by atoms with Crippen LogP contribution >= 0.6 is 15.9 Å². The summed E-state index contributed by atoms with van der Waals surface area (Å²) >= 11 is 3.25. The zero-order valence-corrected chi connectivity index (χ0v) is 12.5. The van der Waals surface area contributed by atoms with Crippen LogP contribution < -0.4 is 0 Å². The van der Waals surface area contributed by atoms with E-state index < -0.39 is 0 Å². The van der Waals surface area contributed by atoms with Gasteiger partial charge in [0.25, 0.3) is 5.91 Å². The van der Waals surface area contributed by atoms with Gasteiger partial charge < -0.3 is 4.90 Å². The fourth-order valence-electron chi connectivity index (χ4n) is 1.75. The van der Waals surface area contributed by atoms with Crippen molar-refractivity contribution in [1.82, 2.24) is 9.88 Å². The van der Waals surface area contributed by atoms with Gasteiger partial charge in [-0.05, 0) is 45.8 Å². The molecule has 100 valence electrons. The van der Waals surface area contributed by atoms with E-state index in [4.69, 9.17) is 5.26 Å². The number of nitrogens with zero attached hydrogens (tertiary/aromatic N) is 3. The van der Waals surface area contributed by atoms with Crippen LogP contribution in [0.1, 0.15) is 21.6 Å². The number of hydrogen-bond acceptors (Lipinski definition) is 3. The van der Waals surface area contributed by atoms with Crippen LogP contribution in [0.15, 0.2) is 47.1 Å². The fourth-order valence-corrected chi connectivity index (χ4v) is 2.10. The van der Waals surface area contributed by atoms with Crippen LogP contribution in [-0.2, 0) is 6.54 Å². The van der Waals surface area contributed by atoms with Crippen molar-refractivity contribution >= 4 is 21.8 Å². The van der Waals surface area contributed by atoms with E-state index in [1.807, 2.05) is 12.1 Å². The number of pyridine rings is 1. The molecule has 0 spiro atoms. The number of aromatic nitrogens is 1. The van der Waals surface area contributed by atoms with E-state index >= 15 is 0 Å². The summed E-state index contributed by atoms with van der Waals surface area (Å²) in [4.78, 5) is 18.0. The van der Waals surface area contributed by atoms with Crippen LogP contribution in [0.4, 0.5) is 0 Å². The molecule has 0 aliphatic rings. The number of amides is 1. The molecule has 2 rings (SSSR count). The quantitative estimate of drug-likeness (QED) is 0.813. The van der Waals surface area contributed by atoms with E-state index in [1.165, 1.54) is 0 Å². The topological polar surface area (TPSA) is 57.0 Å². The van der Waals surface area contributed by atoms with Gasteiger partial charge in [-0.2, -0.15) is 5.26 Å². The number of carbonyl (C=O) groups excluding carboxylic acids is 1. The lowest BCUT2D eigenvalue weighted by Gasteiger charge is -2.16. The van der Waals surface area contributed by atoms with Gasteiger partial charge in [0.2, 0.25) is 0 Å². The highest BCUT2D eigenvalue weighted by molar-refractivity contribution is 9.10. The van der Waals surface area contributed by atoms with Crippen molar-refractivity contribution in [2.45, 2.75) is 6.54 Å². The zero-order valence-electron chi connectivity index (χ0n) is 10.9. The third kappa shape index (κ3) is 3.43. The average molecular weight is 330 g/mol. The molecule has 0 atom stereocenters. The van der Waals surface area contributed by atoms with Crippen molar-refractivity contribution in [3.05, 3.63) is 63.9 Å². The molecule has 0 N–H and O–H groups in total. The normalized spacial score (nSPS) is 9.85. The molecule has 0 saturated carbocycles. The molecule has 1 aromatic heterocycles. The first-order valence-electron chi connectivity index (χ1n) is 5.97. The molecule has 1 amide bonds. The molecule has 0 saturated heterocycles. The Kier molecular flexibility index (Phi) is 4.49. The second kappa shape index (κ2) is 6.31. The Bertz CT molecular complexity index is 662. The summed E-state index contributed by atoms with van der Waals surface area (Å²) in [6.07, 6.45) is 0. The van der Waals surface area contributed by atoms with Crippen molar-refractivity contribution in [3.8, 4) is 6.07 Å². The smallest absolute Gasteiger partial charge is 0.272 e. The maximum atomic E-state index is 12.2. The number of rotatable bonds is 3. The molecule has 0 aliphatic heterocycles. The van der Waals surface area contributed by atoms with Gasteiger partial charge in [-0.15, -0.1) is 0 Å². The maximum Gasteiger partial charge on any atom is 0.272 e. The first-order valence-corrected chi connectivity index (χ1v) is 6.76. The largest absolute Gasteiger partial charge is 0.336 e. The molecule has 1 aromatic carbocycles. The minimum Gasteiger partial charge on any atom is -0.336 e. The molecule has 0 radical (unpaired) electrons. The first kappa shape index (κ1) is 14.2. The Morgan fingerprint density at radius 3 is 2.60 bits per heavy atom. The van der Waals surface area contributed by atoms with Gasteiger partial charge >= 0.3 is 0 Å². The van der Waals surface area contributed by atoms with E-state index in [9.17, 15) is 4.79 Å². The molecule has 1 heterocycles.